The summed E-state index contributed by atoms with van der Waals surface area (Å²) in [7, 11) is -6.52. The Bertz CT molecular complexity index is 1040. The first kappa shape index (κ1) is 28.2. The predicted molar refractivity (Wildman–Crippen MR) is 147 cm³/mol. The minimum atomic E-state index is -4.33. The summed E-state index contributed by atoms with van der Waals surface area (Å²) in [5, 5.41) is 3.47. The van der Waals surface area contributed by atoms with Gasteiger partial charge in [0.15, 0.2) is 0 Å². The second-order valence-electron chi connectivity index (χ2n) is 9.05. The molecule has 0 aromatic heterocycles. The van der Waals surface area contributed by atoms with Crippen molar-refractivity contribution < 1.29 is 28.0 Å². The zero-order chi connectivity index (χ0) is 26.1. The molecule has 0 bridgehead atoms. The van der Waals surface area contributed by atoms with E-state index in [1.165, 1.54) is 0 Å². The average Bonchev–Trinajstić information content (AvgIpc) is 2.90. The van der Waals surface area contributed by atoms with Gasteiger partial charge >= 0.3 is 13.8 Å². The second kappa shape index (κ2) is 12.8. The van der Waals surface area contributed by atoms with E-state index in [1.807, 2.05) is 61.5 Å². The zero-order valence-electron chi connectivity index (χ0n) is 21.1. The highest BCUT2D eigenvalue weighted by molar-refractivity contribution is 7.95. The molecule has 8 heteroatoms. The van der Waals surface area contributed by atoms with E-state index in [-0.39, 0.29) is 25.8 Å². The molecule has 0 aliphatic rings. The molecule has 1 atom stereocenters. The number of rotatable bonds is 13. The van der Waals surface area contributed by atoms with Crippen LogP contribution in [-0.2, 0) is 23.1 Å². The summed E-state index contributed by atoms with van der Waals surface area (Å²) in [6.07, 6.45) is 1.14. The van der Waals surface area contributed by atoms with Crippen molar-refractivity contribution in [2.45, 2.75) is 27.2 Å². The van der Waals surface area contributed by atoms with E-state index in [0.717, 1.165) is 15.9 Å². The monoisotopic (exact) mass is 529 g/mol. The fourth-order valence-corrected chi connectivity index (χ4v) is 8.76. The molecule has 0 saturated heterocycles. The van der Waals surface area contributed by atoms with Gasteiger partial charge in [0, 0.05) is 0 Å². The van der Waals surface area contributed by atoms with Crippen LogP contribution in [0.4, 0.5) is 0 Å². The number of carbonyl (C=O) groups excluding carboxylic acids is 1. The third kappa shape index (κ3) is 7.12. The number of ether oxygens (including phenoxy) is 1. The fourth-order valence-electron chi connectivity index (χ4n) is 3.84. The minimum absolute atomic E-state index is 0.0168. The summed E-state index contributed by atoms with van der Waals surface area (Å²) >= 11 is 0. The van der Waals surface area contributed by atoms with E-state index in [9.17, 15) is 14.3 Å². The van der Waals surface area contributed by atoms with E-state index in [4.69, 9.17) is 13.8 Å². The Labute approximate surface area is 214 Å². The Morgan fingerprint density at radius 2 is 1.19 bits per heavy atom. The van der Waals surface area contributed by atoms with E-state index >= 15 is 0 Å². The lowest BCUT2D eigenvalue weighted by atomic mass is 9.91. The van der Waals surface area contributed by atoms with Crippen LogP contribution in [0.15, 0.2) is 91.0 Å². The standard InChI is InChI=1S/C28H34O6P2/c1-4-28(2,3)27(29)32-20-21-33-36(30,31)34-22-23-35(24-14-8-5-9-15-24,25-16-10-6-11-17-25)26-18-12-7-13-19-26/h5-19H,4,20-23H2,1-3H3/p+1. The van der Waals surface area contributed by atoms with Crippen molar-refractivity contribution in [3.8, 4) is 0 Å². The first-order valence-corrected chi connectivity index (χ1v) is 15.5. The molecule has 1 unspecified atom stereocenters. The van der Waals surface area contributed by atoms with Crippen molar-refractivity contribution in [2.24, 2.45) is 5.41 Å². The molecule has 0 fully saturated rings. The van der Waals surface area contributed by atoms with Crippen molar-refractivity contribution in [3.05, 3.63) is 91.0 Å². The van der Waals surface area contributed by atoms with Crippen molar-refractivity contribution in [1.82, 2.24) is 0 Å². The molecule has 0 spiro atoms. The minimum Gasteiger partial charge on any atom is -0.463 e. The lowest BCUT2D eigenvalue weighted by molar-refractivity contribution is -0.155. The summed E-state index contributed by atoms with van der Waals surface area (Å²) < 4.78 is 28.3. The maximum atomic E-state index is 12.6. The number of hydrogen-bond acceptors (Lipinski definition) is 5. The lowest BCUT2D eigenvalue weighted by Gasteiger charge is -2.27. The first-order valence-electron chi connectivity index (χ1n) is 12.1. The van der Waals surface area contributed by atoms with E-state index in [0.29, 0.717) is 12.6 Å². The van der Waals surface area contributed by atoms with Gasteiger partial charge in [0.25, 0.3) is 0 Å². The SMILES string of the molecule is CCC(C)(C)C(=O)OCCOP(=O)(O)OCC[P+](c1ccccc1)(c1ccccc1)c1ccccc1. The summed E-state index contributed by atoms with van der Waals surface area (Å²) in [6.45, 7) is 5.15. The maximum Gasteiger partial charge on any atom is 0.472 e. The summed E-state index contributed by atoms with van der Waals surface area (Å²) in [5.74, 6) is -0.370. The maximum absolute atomic E-state index is 12.6. The predicted octanol–water partition coefficient (Wildman–Crippen LogP) is 5.09. The molecule has 3 aromatic carbocycles. The van der Waals surface area contributed by atoms with E-state index < -0.39 is 20.5 Å². The lowest BCUT2D eigenvalue weighted by Crippen LogP contribution is -2.34. The van der Waals surface area contributed by atoms with Gasteiger partial charge in [0.05, 0.1) is 24.8 Å². The molecular formula is C28H35O6P2+. The van der Waals surface area contributed by atoms with Crippen LogP contribution < -0.4 is 15.9 Å². The molecule has 0 heterocycles. The Morgan fingerprint density at radius 3 is 1.61 bits per heavy atom. The van der Waals surface area contributed by atoms with Crippen LogP contribution in [-0.4, -0.2) is 36.8 Å². The number of carbonyl (C=O) groups is 1. The van der Waals surface area contributed by atoms with Crippen molar-refractivity contribution >= 4 is 37.0 Å². The Kier molecular flexibility index (Phi) is 10.0. The van der Waals surface area contributed by atoms with Crippen molar-refractivity contribution in [1.29, 1.82) is 0 Å². The number of benzene rings is 3. The number of phosphoric acid groups is 1. The van der Waals surface area contributed by atoms with Gasteiger partial charge in [-0.15, -0.1) is 0 Å². The van der Waals surface area contributed by atoms with Crippen LogP contribution in [0.2, 0.25) is 0 Å². The molecular weight excluding hydrogens is 494 g/mol. The third-order valence-electron chi connectivity index (χ3n) is 6.28. The normalized spacial score (nSPS) is 13.7. The molecule has 0 amide bonds. The molecule has 0 radical (unpaired) electrons. The van der Waals surface area contributed by atoms with Crippen LogP contribution in [0.5, 0.6) is 0 Å². The molecule has 3 aromatic rings. The highest BCUT2D eigenvalue weighted by atomic mass is 31.2. The third-order valence-corrected chi connectivity index (χ3v) is 11.7. The van der Waals surface area contributed by atoms with Gasteiger partial charge in [-0.25, -0.2) is 4.57 Å². The van der Waals surface area contributed by atoms with Crippen molar-refractivity contribution in [2.75, 3.05) is 26.0 Å². The van der Waals surface area contributed by atoms with Gasteiger partial charge in [0.1, 0.15) is 29.8 Å². The largest absolute Gasteiger partial charge is 0.472 e. The Morgan fingerprint density at radius 1 is 0.778 bits per heavy atom. The first-order chi connectivity index (χ1) is 17.2. The smallest absolute Gasteiger partial charge is 0.463 e. The van der Waals surface area contributed by atoms with Gasteiger partial charge in [-0.3, -0.25) is 13.8 Å². The number of hydrogen-bond donors (Lipinski definition) is 1. The summed E-state index contributed by atoms with van der Waals surface area (Å²) in [4.78, 5) is 22.3. The molecule has 6 nitrogen and oxygen atoms in total. The second-order valence-corrected chi connectivity index (χ2v) is 14.1. The van der Waals surface area contributed by atoms with Gasteiger partial charge in [0.2, 0.25) is 0 Å². The Hall–Kier alpha value is -2.33. The summed E-state index contributed by atoms with van der Waals surface area (Å²) in [6, 6.07) is 30.7. The highest BCUT2D eigenvalue weighted by Gasteiger charge is 2.45. The quantitative estimate of drug-likeness (QED) is 0.189. The van der Waals surface area contributed by atoms with Crippen LogP contribution >= 0.6 is 15.1 Å². The average molecular weight is 530 g/mol. The molecule has 0 aliphatic carbocycles. The fraction of sp³-hybridized carbons (Fsp3) is 0.321. The topological polar surface area (TPSA) is 82.1 Å². The van der Waals surface area contributed by atoms with E-state index in [2.05, 4.69) is 36.4 Å². The molecule has 0 aliphatic heterocycles. The number of phosphoric ester groups is 1. The van der Waals surface area contributed by atoms with Crippen molar-refractivity contribution in [3.63, 3.8) is 0 Å². The van der Waals surface area contributed by atoms with Gasteiger partial charge in [-0.05, 0) is 56.7 Å². The van der Waals surface area contributed by atoms with Crippen LogP contribution in [0.3, 0.4) is 0 Å². The molecule has 0 saturated carbocycles. The highest BCUT2D eigenvalue weighted by Crippen LogP contribution is 2.56. The number of esters is 1. The van der Waals surface area contributed by atoms with Gasteiger partial charge < -0.3 is 9.63 Å². The Balaban J connectivity index is 1.74. The van der Waals surface area contributed by atoms with Crippen LogP contribution in [0.1, 0.15) is 27.2 Å². The van der Waals surface area contributed by atoms with Crippen LogP contribution in [0.25, 0.3) is 0 Å². The van der Waals surface area contributed by atoms with Crippen LogP contribution in [0, 0.1) is 5.41 Å². The van der Waals surface area contributed by atoms with Gasteiger partial charge in [-0.1, -0.05) is 61.5 Å². The molecule has 3 rings (SSSR count). The van der Waals surface area contributed by atoms with E-state index in [1.54, 1.807) is 13.8 Å². The molecule has 192 valence electrons. The summed E-state index contributed by atoms with van der Waals surface area (Å²) in [5.41, 5.74) is -0.612. The molecule has 1 N–H and O–H groups in total. The molecule has 36 heavy (non-hydrogen) atoms. The van der Waals surface area contributed by atoms with Gasteiger partial charge in [-0.2, -0.15) is 0 Å². The zero-order valence-corrected chi connectivity index (χ0v) is 22.9.